The van der Waals surface area contributed by atoms with E-state index in [0.717, 1.165) is 5.75 Å². The fraction of sp³-hybridized carbons (Fsp3) is 0.250. The van der Waals surface area contributed by atoms with Crippen molar-refractivity contribution in [3.05, 3.63) is 30.3 Å². The first kappa shape index (κ1) is 8.04. The van der Waals surface area contributed by atoms with Gasteiger partial charge >= 0.3 is 0 Å². The van der Waals surface area contributed by atoms with Crippen molar-refractivity contribution in [1.82, 2.24) is 0 Å². The van der Waals surface area contributed by atoms with Crippen LogP contribution in [0.4, 0.5) is 0 Å². The Labute approximate surface area is 65.7 Å². The van der Waals surface area contributed by atoms with E-state index in [-0.39, 0.29) is 0 Å². The molecule has 3 nitrogen and oxygen atoms in total. The summed E-state index contributed by atoms with van der Waals surface area (Å²) >= 11 is 0. The molecular formula is C8H11NO2. The maximum atomic E-state index is 5.22. The molecule has 60 valence electrons. The van der Waals surface area contributed by atoms with Crippen LogP contribution in [0.2, 0.25) is 0 Å². The van der Waals surface area contributed by atoms with Crippen LogP contribution in [0, 0.1) is 0 Å². The van der Waals surface area contributed by atoms with Gasteiger partial charge in [0.25, 0.3) is 0 Å². The first-order valence-corrected chi connectivity index (χ1v) is 3.40. The van der Waals surface area contributed by atoms with Gasteiger partial charge in [-0.1, -0.05) is 18.2 Å². The van der Waals surface area contributed by atoms with Crippen molar-refractivity contribution in [2.75, 3.05) is 0 Å². The second-order valence-corrected chi connectivity index (χ2v) is 2.13. The third-order valence-electron chi connectivity index (χ3n) is 1.24. The largest absolute Gasteiger partial charge is 0.464 e. The summed E-state index contributed by atoms with van der Waals surface area (Å²) in [5.74, 6) is 5.65. The molecule has 3 heteroatoms. The van der Waals surface area contributed by atoms with Crippen LogP contribution >= 0.6 is 0 Å². The van der Waals surface area contributed by atoms with Gasteiger partial charge in [0, 0.05) is 0 Å². The van der Waals surface area contributed by atoms with Gasteiger partial charge in [0.2, 0.25) is 6.29 Å². The van der Waals surface area contributed by atoms with Crippen molar-refractivity contribution in [3.8, 4) is 5.75 Å². The van der Waals surface area contributed by atoms with Gasteiger partial charge in [0.15, 0.2) is 0 Å². The van der Waals surface area contributed by atoms with Gasteiger partial charge in [-0.25, -0.2) is 5.90 Å². The van der Waals surface area contributed by atoms with E-state index in [0.29, 0.717) is 0 Å². The number of hydrogen-bond donors (Lipinski definition) is 1. The fourth-order valence-corrected chi connectivity index (χ4v) is 0.718. The first-order valence-electron chi connectivity index (χ1n) is 3.40. The molecule has 1 rings (SSSR count). The Kier molecular flexibility index (Phi) is 2.89. The molecule has 0 aliphatic carbocycles. The monoisotopic (exact) mass is 153 g/mol. The van der Waals surface area contributed by atoms with Gasteiger partial charge in [-0.15, -0.1) is 0 Å². The van der Waals surface area contributed by atoms with E-state index in [1.807, 2.05) is 30.3 Å². The number of benzene rings is 1. The van der Waals surface area contributed by atoms with E-state index in [9.17, 15) is 0 Å². The number of para-hydroxylation sites is 1. The SMILES string of the molecule is CC(ON)Oc1ccccc1. The topological polar surface area (TPSA) is 44.5 Å². The lowest BCUT2D eigenvalue weighted by Crippen LogP contribution is -2.19. The molecule has 2 N–H and O–H groups in total. The zero-order chi connectivity index (χ0) is 8.10. The molecule has 0 radical (unpaired) electrons. The minimum atomic E-state index is -0.405. The number of nitrogens with two attached hydrogens (primary N) is 1. The summed E-state index contributed by atoms with van der Waals surface area (Å²) in [7, 11) is 0. The average molecular weight is 153 g/mol. The molecule has 0 aliphatic rings. The van der Waals surface area contributed by atoms with Crippen LogP contribution in [-0.4, -0.2) is 6.29 Å². The second-order valence-electron chi connectivity index (χ2n) is 2.13. The van der Waals surface area contributed by atoms with Crippen LogP contribution in [0.15, 0.2) is 30.3 Å². The van der Waals surface area contributed by atoms with E-state index in [1.165, 1.54) is 0 Å². The summed E-state index contributed by atoms with van der Waals surface area (Å²) < 4.78 is 5.22. The lowest BCUT2D eigenvalue weighted by Gasteiger charge is -2.10. The van der Waals surface area contributed by atoms with E-state index in [2.05, 4.69) is 4.84 Å². The molecule has 0 aliphatic heterocycles. The molecule has 1 atom stereocenters. The van der Waals surface area contributed by atoms with Crippen molar-refractivity contribution in [2.45, 2.75) is 13.2 Å². The molecule has 0 bridgehead atoms. The average Bonchev–Trinajstić information content (AvgIpc) is 2.06. The van der Waals surface area contributed by atoms with Crippen molar-refractivity contribution in [3.63, 3.8) is 0 Å². The first-order chi connectivity index (χ1) is 5.33. The highest BCUT2D eigenvalue weighted by atomic mass is 16.7. The Morgan fingerprint density at radius 1 is 1.27 bits per heavy atom. The Bertz CT molecular complexity index is 201. The summed E-state index contributed by atoms with van der Waals surface area (Å²) in [6.45, 7) is 1.73. The quantitative estimate of drug-likeness (QED) is 0.526. The molecule has 0 saturated carbocycles. The smallest absolute Gasteiger partial charge is 0.214 e. The van der Waals surface area contributed by atoms with Gasteiger partial charge in [0.1, 0.15) is 5.75 Å². The van der Waals surface area contributed by atoms with Crippen LogP contribution in [0.25, 0.3) is 0 Å². The van der Waals surface area contributed by atoms with Crippen LogP contribution in [0.1, 0.15) is 6.92 Å². The highest BCUT2D eigenvalue weighted by Crippen LogP contribution is 2.09. The van der Waals surface area contributed by atoms with Crippen molar-refractivity contribution >= 4 is 0 Å². The van der Waals surface area contributed by atoms with Gasteiger partial charge in [-0.2, -0.15) is 0 Å². The van der Waals surface area contributed by atoms with E-state index in [1.54, 1.807) is 6.92 Å². The summed E-state index contributed by atoms with van der Waals surface area (Å²) in [5.41, 5.74) is 0. The van der Waals surface area contributed by atoms with Crippen molar-refractivity contribution in [1.29, 1.82) is 0 Å². The van der Waals surface area contributed by atoms with Crippen molar-refractivity contribution in [2.24, 2.45) is 5.90 Å². The summed E-state index contributed by atoms with van der Waals surface area (Å²) in [6.07, 6.45) is -0.405. The molecule has 0 saturated heterocycles. The number of rotatable bonds is 3. The van der Waals surface area contributed by atoms with Gasteiger partial charge < -0.3 is 4.74 Å². The highest BCUT2D eigenvalue weighted by molar-refractivity contribution is 5.20. The third kappa shape index (κ3) is 2.57. The van der Waals surface area contributed by atoms with Crippen LogP contribution in [-0.2, 0) is 4.84 Å². The normalized spacial score (nSPS) is 12.5. The summed E-state index contributed by atoms with van der Waals surface area (Å²) in [5, 5.41) is 0. The van der Waals surface area contributed by atoms with Crippen LogP contribution in [0.5, 0.6) is 5.75 Å². The second kappa shape index (κ2) is 3.95. The van der Waals surface area contributed by atoms with E-state index < -0.39 is 6.29 Å². The molecule has 1 aromatic rings. The maximum Gasteiger partial charge on any atom is 0.214 e. The molecule has 0 spiro atoms. The Hall–Kier alpha value is -1.06. The lowest BCUT2D eigenvalue weighted by molar-refractivity contribution is -0.0688. The van der Waals surface area contributed by atoms with Crippen LogP contribution in [0.3, 0.4) is 0 Å². The van der Waals surface area contributed by atoms with E-state index >= 15 is 0 Å². The lowest BCUT2D eigenvalue weighted by atomic mass is 10.3. The molecular weight excluding hydrogens is 142 g/mol. The molecule has 11 heavy (non-hydrogen) atoms. The molecule has 0 amide bonds. The third-order valence-corrected chi connectivity index (χ3v) is 1.24. The Morgan fingerprint density at radius 2 is 1.91 bits per heavy atom. The number of ether oxygens (including phenoxy) is 1. The zero-order valence-electron chi connectivity index (χ0n) is 6.36. The van der Waals surface area contributed by atoms with Gasteiger partial charge in [0.05, 0.1) is 0 Å². The summed E-state index contributed by atoms with van der Waals surface area (Å²) in [4.78, 5) is 4.43. The summed E-state index contributed by atoms with van der Waals surface area (Å²) in [6, 6.07) is 9.38. The predicted octanol–water partition coefficient (Wildman–Crippen LogP) is 1.30. The fourth-order valence-electron chi connectivity index (χ4n) is 0.718. The maximum absolute atomic E-state index is 5.22. The molecule has 1 unspecified atom stereocenters. The molecule has 1 aromatic carbocycles. The van der Waals surface area contributed by atoms with Crippen molar-refractivity contribution < 1.29 is 9.57 Å². The zero-order valence-corrected chi connectivity index (χ0v) is 6.36. The predicted molar refractivity (Wildman–Crippen MR) is 41.8 cm³/mol. The van der Waals surface area contributed by atoms with E-state index in [4.69, 9.17) is 10.6 Å². The standard InChI is InChI=1S/C8H11NO2/c1-7(11-9)10-8-5-3-2-4-6-8/h2-7H,9H2,1H3. The van der Waals surface area contributed by atoms with Gasteiger partial charge in [-0.3, -0.25) is 4.84 Å². The van der Waals surface area contributed by atoms with Gasteiger partial charge in [-0.05, 0) is 19.1 Å². The minimum absolute atomic E-state index is 0.405. The molecule has 0 heterocycles. The minimum Gasteiger partial charge on any atom is -0.464 e. The number of hydrogen-bond acceptors (Lipinski definition) is 3. The molecule has 0 aromatic heterocycles. The Morgan fingerprint density at radius 3 is 2.45 bits per heavy atom. The Balaban J connectivity index is 2.51. The highest BCUT2D eigenvalue weighted by Gasteiger charge is 1.99. The molecule has 0 fully saturated rings. The van der Waals surface area contributed by atoms with Crippen LogP contribution < -0.4 is 10.6 Å².